The molecule has 6 N–H and O–H groups in total. The predicted molar refractivity (Wildman–Crippen MR) is 384 cm³/mol. The monoisotopic (exact) mass is 1330 g/mol. The lowest BCUT2D eigenvalue weighted by atomic mass is 9.65. The van der Waals surface area contributed by atoms with Gasteiger partial charge >= 0.3 is 0 Å². The number of hydrogen-bond acceptors (Lipinski definition) is 6. The smallest absolute Gasteiger partial charge is 0.116 e. The lowest BCUT2D eigenvalue weighted by Crippen LogP contribution is -2.56. The normalized spacial score (nSPS) is 35.1. The van der Waals surface area contributed by atoms with E-state index < -0.39 is 0 Å². The van der Waals surface area contributed by atoms with Crippen LogP contribution in [-0.4, -0.2) is 126 Å². The number of halogens is 3. The second-order valence-electron chi connectivity index (χ2n) is 31.0. The molecule has 16 heterocycles. The minimum atomic E-state index is 0. The number of H-pyrrole nitrogens is 4. The van der Waals surface area contributed by atoms with Crippen molar-refractivity contribution < 1.29 is 10.2 Å². The third-order valence-corrected chi connectivity index (χ3v) is 26.3. The standard InChI is InChI=1S/2C20H26N2.2C19H24N2O.BrH.2ClH/c2*1-3-14-9-13-10-17-19-15(6-7-22(11-13)20(14)17)16-8-12(2)4-5-18(16)21-19;2*1-2-12-7-11-8-16-18-14(5-6-21(10-11)19(12)16)15-9-13(22)3-4-17(15)20-18;;;/h2*4-5,8,13-14,17,20-21H,3,6-7,9-11H2,1-2H3;2*3-4,9,11-12,16,19-20,22H,2,5-8,10H2,1H3;3*1H/t2*13?,14?,17-,20?;2*11?,12?,16-,19?;;;/m0000.../s1. The molecule has 488 valence electrons. The molecule has 16 bridgehead atoms. The molecule has 24 rings (SSSR count). The molecule has 8 saturated heterocycles. The molecule has 0 radical (unpaired) electrons. The first-order chi connectivity index (χ1) is 43.0. The summed E-state index contributed by atoms with van der Waals surface area (Å²) in [5, 5.41) is 25.2. The summed E-state index contributed by atoms with van der Waals surface area (Å²) in [6.45, 7) is 24.2. The van der Waals surface area contributed by atoms with Crippen LogP contribution in [-0.2, 0) is 25.7 Å². The summed E-state index contributed by atoms with van der Waals surface area (Å²) in [6.07, 6.45) is 21.4. The van der Waals surface area contributed by atoms with Crippen molar-refractivity contribution in [1.82, 2.24) is 39.5 Å². The van der Waals surface area contributed by atoms with Gasteiger partial charge in [0, 0.05) is 167 Å². The molecule has 4 saturated carbocycles. The molecule has 4 aromatic carbocycles. The minimum absolute atomic E-state index is 0. The number of aromatic amines is 4. The Labute approximate surface area is 563 Å². The van der Waals surface area contributed by atoms with E-state index in [1.54, 1.807) is 34.6 Å². The molecule has 16 aliphatic rings. The first kappa shape index (κ1) is 63.9. The SMILES string of the molecule is Br.CCC1CC2C[C@H]3c4[nH]c5ccc(C)cc5c4CCN(C2)C13.CCC1CC2C[C@H]3c4[nH]c5ccc(C)cc5c4CCN(C2)C13.CCC1CC2C[C@H]3c4[nH]c5ccc(O)cc5c4CCN(C2)C13.CCC1CC2C[C@H]3c4[nH]c5ccc(O)cc5c4CCN(C2)C13.Cl.Cl. The predicted octanol–water partition coefficient (Wildman–Crippen LogP) is 17.2. The van der Waals surface area contributed by atoms with Gasteiger partial charge in [-0.1, -0.05) is 76.6 Å². The van der Waals surface area contributed by atoms with Crippen LogP contribution >= 0.6 is 41.8 Å². The highest BCUT2D eigenvalue weighted by molar-refractivity contribution is 8.93. The van der Waals surface area contributed by atoms with Crippen molar-refractivity contribution >= 4 is 85.4 Å². The topological polar surface area (TPSA) is 117 Å². The van der Waals surface area contributed by atoms with Gasteiger partial charge in [0.05, 0.1) is 0 Å². The van der Waals surface area contributed by atoms with Gasteiger partial charge in [0.1, 0.15) is 11.5 Å². The summed E-state index contributed by atoms with van der Waals surface area (Å²) in [4.78, 5) is 26.4. The Morgan fingerprint density at radius 2 is 0.615 bits per heavy atom. The van der Waals surface area contributed by atoms with E-state index in [9.17, 15) is 10.2 Å². The Bertz CT molecular complexity index is 3450. The lowest BCUT2D eigenvalue weighted by Gasteiger charge is -2.53. The van der Waals surface area contributed by atoms with E-state index in [2.05, 4.69) is 117 Å². The van der Waals surface area contributed by atoms with Crippen molar-refractivity contribution in [2.75, 3.05) is 52.4 Å². The van der Waals surface area contributed by atoms with Crippen LogP contribution in [0, 0.1) is 61.2 Å². The zero-order valence-corrected chi connectivity index (χ0v) is 58.4. The van der Waals surface area contributed by atoms with Crippen LogP contribution in [0.5, 0.6) is 11.5 Å². The Hall–Kier alpha value is -4.46. The molecule has 91 heavy (non-hydrogen) atoms. The molecular formula is C78H103BrCl2N8O2. The van der Waals surface area contributed by atoms with Crippen LogP contribution in [0.3, 0.4) is 0 Å². The molecule has 20 atom stereocenters. The van der Waals surface area contributed by atoms with Crippen molar-refractivity contribution in [2.24, 2.45) is 47.3 Å². The van der Waals surface area contributed by atoms with E-state index in [0.717, 1.165) is 96.2 Å². The van der Waals surface area contributed by atoms with Gasteiger partial charge in [-0.15, -0.1) is 41.8 Å². The largest absolute Gasteiger partial charge is 0.508 e. The molecule has 0 spiro atoms. The van der Waals surface area contributed by atoms with E-state index in [-0.39, 0.29) is 41.8 Å². The fraction of sp³-hybridized carbons (Fsp3) is 0.590. The fourth-order valence-electron chi connectivity index (χ4n) is 23.0. The number of hydrogen-bond donors (Lipinski definition) is 6. The first-order valence-electron chi connectivity index (χ1n) is 35.8. The van der Waals surface area contributed by atoms with Gasteiger partial charge in [0.2, 0.25) is 0 Å². The molecule has 4 aliphatic carbocycles. The highest BCUT2D eigenvalue weighted by Gasteiger charge is 2.53. The number of aryl methyl sites for hydroxylation is 2. The van der Waals surface area contributed by atoms with E-state index in [1.807, 2.05) is 24.3 Å². The van der Waals surface area contributed by atoms with E-state index >= 15 is 0 Å². The van der Waals surface area contributed by atoms with Gasteiger partial charge in [-0.05, 0) is 221 Å². The van der Waals surface area contributed by atoms with Crippen molar-refractivity contribution in [3.05, 3.63) is 129 Å². The number of fused-ring (bicyclic) bond motifs is 16. The van der Waals surface area contributed by atoms with Gasteiger partial charge in [-0.3, -0.25) is 19.6 Å². The van der Waals surface area contributed by atoms with E-state index in [0.29, 0.717) is 23.3 Å². The lowest BCUT2D eigenvalue weighted by molar-refractivity contribution is -0.0134. The van der Waals surface area contributed by atoms with Gasteiger partial charge < -0.3 is 30.1 Å². The fourth-order valence-corrected chi connectivity index (χ4v) is 23.0. The first-order valence-corrected chi connectivity index (χ1v) is 35.8. The van der Waals surface area contributed by atoms with Gasteiger partial charge in [-0.2, -0.15) is 0 Å². The highest BCUT2D eigenvalue weighted by atomic mass is 79.9. The van der Waals surface area contributed by atoms with Crippen molar-refractivity contribution in [1.29, 1.82) is 0 Å². The molecule has 8 aromatic rings. The zero-order chi connectivity index (χ0) is 59.4. The summed E-state index contributed by atoms with van der Waals surface area (Å²) >= 11 is 0. The third-order valence-electron chi connectivity index (χ3n) is 26.3. The number of nitrogens with zero attached hydrogens (tertiary/aromatic N) is 4. The summed E-state index contributed by atoms with van der Waals surface area (Å²) in [5.74, 6) is 10.8. The van der Waals surface area contributed by atoms with Crippen LogP contribution in [0.25, 0.3) is 43.6 Å². The number of phenols is 2. The Balaban J connectivity index is 0.000000105. The second-order valence-corrected chi connectivity index (χ2v) is 31.0. The summed E-state index contributed by atoms with van der Waals surface area (Å²) in [5.41, 5.74) is 20.3. The van der Waals surface area contributed by atoms with Gasteiger partial charge in [0.25, 0.3) is 0 Å². The maximum absolute atomic E-state index is 9.87. The van der Waals surface area contributed by atoms with E-state index in [1.165, 1.54) is 220 Å². The van der Waals surface area contributed by atoms with Crippen LogP contribution in [0.15, 0.2) is 72.8 Å². The van der Waals surface area contributed by atoms with Crippen LogP contribution in [0.4, 0.5) is 0 Å². The molecular weight excluding hydrogens is 1230 g/mol. The molecule has 13 heteroatoms. The molecule has 0 amide bonds. The zero-order valence-electron chi connectivity index (χ0n) is 55.0. The average Bonchev–Trinajstić information content (AvgIpc) is 1.68. The minimum Gasteiger partial charge on any atom is -0.508 e. The van der Waals surface area contributed by atoms with Gasteiger partial charge in [-0.25, -0.2) is 0 Å². The summed E-state index contributed by atoms with van der Waals surface area (Å²) in [7, 11) is 0. The summed E-state index contributed by atoms with van der Waals surface area (Å²) in [6, 6.07) is 28.5. The number of aromatic hydroxyl groups is 2. The van der Waals surface area contributed by atoms with Crippen LogP contribution in [0.2, 0.25) is 0 Å². The number of aromatic nitrogens is 4. The van der Waals surface area contributed by atoms with Gasteiger partial charge in [0.15, 0.2) is 0 Å². The molecule has 10 nitrogen and oxygen atoms in total. The second kappa shape index (κ2) is 25.3. The molecule has 4 aromatic heterocycles. The van der Waals surface area contributed by atoms with Crippen molar-refractivity contribution in [3.8, 4) is 11.5 Å². The maximum atomic E-state index is 9.87. The quantitative estimate of drug-likeness (QED) is 0.105. The van der Waals surface area contributed by atoms with Crippen molar-refractivity contribution in [3.63, 3.8) is 0 Å². The molecule has 12 fully saturated rings. The maximum Gasteiger partial charge on any atom is 0.116 e. The number of phenolic OH excluding ortho intramolecular Hbond substituents is 2. The molecule has 16 unspecified atom stereocenters. The highest BCUT2D eigenvalue weighted by Crippen LogP contribution is 2.56. The number of benzene rings is 4. The average molecular weight is 1340 g/mol. The number of rotatable bonds is 4. The third kappa shape index (κ3) is 10.8. The van der Waals surface area contributed by atoms with Crippen LogP contribution < -0.4 is 0 Å². The Morgan fingerprint density at radius 1 is 0.363 bits per heavy atom. The van der Waals surface area contributed by atoms with Crippen molar-refractivity contribution in [2.45, 2.75) is 192 Å². The summed E-state index contributed by atoms with van der Waals surface area (Å²) < 4.78 is 0. The Kier molecular flexibility index (Phi) is 17.7. The molecule has 12 aliphatic heterocycles. The van der Waals surface area contributed by atoms with E-state index in [4.69, 9.17) is 0 Å². The number of piperidine rings is 8. The van der Waals surface area contributed by atoms with Crippen LogP contribution in [0.1, 0.15) is 185 Å². The Morgan fingerprint density at radius 3 is 0.879 bits per heavy atom. The number of nitrogens with one attached hydrogen (secondary N) is 4.